The number of hydrogen-bond donors (Lipinski definition) is 0. The van der Waals surface area contributed by atoms with Crippen molar-refractivity contribution in [3.05, 3.63) is 5.92 Å². The first kappa shape index (κ1) is 15.7. The third-order valence-electron chi connectivity index (χ3n) is 0. The van der Waals surface area contributed by atoms with Gasteiger partial charge < -0.3 is 7.34 Å². The first-order valence-corrected chi connectivity index (χ1v) is 1.50. The van der Waals surface area contributed by atoms with Gasteiger partial charge in [-0.25, -0.2) is 0 Å². The van der Waals surface area contributed by atoms with Gasteiger partial charge in [0.05, 0.1) is 0 Å². The Kier molecular flexibility index (Phi) is 24.7. The predicted molar refractivity (Wildman–Crippen MR) is 21.4 cm³/mol. The van der Waals surface area contributed by atoms with Crippen molar-refractivity contribution in [1.29, 1.82) is 0 Å². The van der Waals surface area contributed by atoms with Crippen molar-refractivity contribution in [3.8, 4) is 0 Å². The van der Waals surface area contributed by atoms with Crippen molar-refractivity contribution >= 4 is 0 Å². The van der Waals surface area contributed by atoms with Crippen LogP contribution in [-0.2, 0) is 17.1 Å². The van der Waals surface area contributed by atoms with Gasteiger partial charge in [-0.2, -0.15) is 20.8 Å². The van der Waals surface area contributed by atoms with Crippen molar-refractivity contribution in [2.75, 3.05) is 0 Å². The largest absolute Gasteiger partial charge is 1.00 e. The Morgan fingerprint density at radius 3 is 1.17 bits per heavy atom. The summed E-state index contributed by atoms with van der Waals surface area (Å²) in [6.45, 7) is 6.25. The molecule has 0 aliphatic heterocycles. The summed E-state index contributed by atoms with van der Waals surface area (Å²) < 4.78 is 0. The second kappa shape index (κ2) is 9.45. The standard InChI is InChI=1S/C4H9.Cu.Li.H/c1-4(2)3;;;/h1-3H3;;;/q-1;2*+1;-1. The van der Waals surface area contributed by atoms with Crippen LogP contribution >= 0.6 is 0 Å². The van der Waals surface area contributed by atoms with Gasteiger partial charge >= 0.3 is 35.9 Å². The van der Waals surface area contributed by atoms with Crippen LogP contribution in [0.25, 0.3) is 0 Å². The predicted octanol–water partition coefficient (Wildman–Crippen LogP) is -1.27. The molecule has 0 aromatic heterocycles. The quantitative estimate of drug-likeness (QED) is 0.282. The maximum atomic E-state index is 2.08. The molecule has 0 N–H and O–H groups in total. The van der Waals surface area contributed by atoms with Gasteiger partial charge in [0.15, 0.2) is 0 Å². The molecule has 0 nitrogen and oxygen atoms in total. The molecule has 0 saturated carbocycles. The van der Waals surface area contributed by atoms with Crippen LogP contribution in [0.4, 0.5) is 0 Å². The minimum atomic E-state index is 0. The zero-order valence-electron chi connectivity index (χ0n) is 5.80. The van der Waals surface area contributed by atoms with Crippen molar-refractivity contribution < 1.29 is 37.4 Å². The summed E-state index contributed by atoms with van der Waals surface area (Å²) in [4.78, 5) is 0. The summed E-state index contributed by atoms with van der Waals surface area (Å²) in [6.07, 6.45) is 0. The first-order chi connectivity index (χ1) is 1.73. The Morgan fingerprint density at radius 2 is 1.17 bits per heavy atom. The van der Waals surface area contributed by atoms with E-state index in [0.717, 1.165) is 0 Å². The molecule has 0 aromatic carbocycles. The monoisotopic (exact) mass is 128 g/mol. The van der Waals surface area contributed by atoms with Crippen LogP contribution in [0.15, 0.2) is 0 Å². The van der Waals surface area contributed by atoms with Gasteiger partial charge in [-0.3, -0.25) is 0 Å². The third-order valence-corrected chi connectivity index (χ3v) is 0. The van der Waals surface area contributed by atoms with Crippen LogP contribution in [-0.4, -0.2) is 0 Å². The molecule has 2 heteroatoms. The minimum absolute atomic E-state index is 0. The van der Waals surface area contributed by atoms with Gasteiger partial charge in [0.25, 0.3) is 0 Å². The number of rotatable bonds is 0. The summed E-state index contributed by atoms with van der Waals surface area (Å²) in [5.41, 5.74) is 0. The van der Waals surface area contributed by atoms with E-state index in [9.17, 15) is 0 Å². The van der Waals surface area contributed by atoms with Gasteiger partial charge in [0, 0.05) is 0 Å². The van der Waals surface area contributed by atoms with Crippen LogP contribution in [0.2, 0.25) is 0 Å². The second-order valence-electron chi connectivity index (χ2n) is 1.50. The molecule has 0 bridgehead atoms. The summed E-state index contributed by atoms with van der Waals surface area (Å²) in [7, 11) is 0. The topological polar surface area (TPSA) is 0 Å². The molecule has 0 spiro atoms. The smallest absolute Gasteiger partial charge is 1.00 e. The Morgan fingerprint density at radius 1 is 1.17 bits per heavy atom. The van der Waals surface area contributed by atoms with E-state index >= 15 is 0 Å². The molecule has 6 heavy (non-hydrogen) atoms. The first-order valence-electron chi connectivity index (χ1n) is 1.50. The Balaban J connectivity index is -0.0000000150. The van der Waals surface area contributed by atoms with E-state index in [-0.39, 0.29) is 37.4 Å². The summed E-state index contributed by atoms with van der Waals surface area (Å²) >= 11 is 0. The molecule has 0 amide bonds. The molecule has 0 aliphatic rings. The summed E-state index contributed by atoms with van der Waals surface area (Å²) in [5.74, 6) is 1.42. The van der Waals surface area contributed by atoms with Gasteiger partial charge in [-0.1, -0.05) is 0 Å². The maximum absolute atomic E-state index is 2.08. The molecule has 0 saturated heterocycles. The molecule has 0 aliphatic carbocycles. The molecule has 0 aromatic rings. The minimum Gasteiger partial charge on any atom is -1.00 e. The molecular formula is C4H10CuLi. The normalized spacial score (nSPS) is 6.00. The molecule has 0 heterocycles. The van der Waals surface area contributed by atoms with Crippen molar-refractivity contribution in [2.24, 2.45) is 0 Å². The van der Waals surface area contributed by atoms with E-state index in [1.807, 2.05) is 0 Å². The van der Waals surface area contributed by atoms with Crippen LogP contribution in [0.3, 0.4) is 0 Å². The van der Waals surface area contributed by atoms with Crippen LogP contribution in [0.1, 0.15) is 22.2 Å². The average Bonchev–Trinajstić information content (AvgIpc) is 0.811. The van der Waals surface area contributed by atoms with E-state index in [2.05, 4.69) is 20.8 Å². The van der Waals surface area contributed by atoms with Crippen LogP contribution < -0.4 is 18.9 Å². The fourth-order valence-electron chi connectivity index (χ4n) is 0. The summed E-state index contributed by atoms with van der Waals surface area (Å²) in [6, 6.07) is 0. The molecule has 0 unspecified atom stereocenters. The van der Waals surface area contributed by atoms with Crippen molar-refractivity contribution in [2.45, 2.75) is 20.8 Å². The van der Waals surface area contributed by atoms with Gasteiger partial charge in [0.1, 0.15) is 0 Å². The Bertz CT molecular complexity index is 16.4. The van der Waals surface area contributed by atoms with E-state index in [4.69, 9.17) is 0 Å². The zero-order chi connectivity index (χ0) is 3.58. The molecule has 0 atom stereocenters. The van der Waals surface area contributed by atoms with E-state index in [1.165, 1.54) is 5.92 Å². The average molecular weight is 129 g/mol. The Labute approximate surface area is 64.2 Å². The van der Waals surface area contributed by atoms with Gasteiger partial charge in [-0.05, 0) is 0 Å². The van der Waals surface area contributed by atoms with Crippen LogP contribution in [0, 0.1) is 5.92 Å². The SMILES string of the molecule is C[C-](C)C.[Cu+].[H-].[Li+]. The van der Waals surface area contributed by atoms with E-state index < -0.39 is 0 Å². The van der Waals surface area contributed by atoms with Crippen LogP contribution in [0.5, 0.6) is 0 Å². The molecule has 0 rings (SSSR count). The van der Waals surface area contributed by atoms with Gasteiger partial charge in [0.2, 0.25) is 0 Å². The second-order valence-corrected chi connectivity index (χ2v) is 1.50. The zero-order valence-corrected chi connectivity index (χ0v) is 5.74. The summed E-state index contributed by atoms with van der Waals surface area (Å²) in [5, 5.41) is 0. The van der Waals surface area contributed by atoms with Crippen molar-refractivity contribution in [1.82, 2.24) is 0 Å². The molecule has 0 radical (unpaired) electrons. The Hall–Kier alpha value is 1.12. The van der Waals surface area contributed by atoms with Crippen molar-refractivity contribution in [3.63, 3.8) is 0 Å². The fraction of sp³-hybridized carbons (Fsp3) is 0.750. The van der Waals surface area contributed by atoms with Gasteiger partial charge in [-0.15, -0.1) is 0 Å². The fourth-order valence-corrected chi connectivity index (χ4v) is 0. The molecular weight excluding hydrogens is 119 g/mol. The third kappa shape index (κ3) is 69.5. The van der Waals surface area contributed by atoms with E-state index in [1.54, 1.807) is 0 Å². The number of hydrogen-bond acceptors (Lipinski definition) is 0. The maximum Gasteiger partial charge on any atom is 1.00 e. The van der Waals surface area contributed by atoms with E-state index in [0.29, 0.717) is 0 Å². The molecule has 38 valence electrons. The molecule has 0 fully saturated rings.